The molecule has 6 unspecified atom stereocenters. The molecule has 6 atom stereocenters. The standard InChI is InChI=1S/C16H24O6S2/c1-5-16(3,4)15(18)23-7-11(17)21-12-9-6-10-13(12)22-24(19,20)14(10)8(9)2/h8-10,12-14H,5-7H2,1-4H3. The number of hydrogen-bond donors (Lipinski definition) is 0. The Morgan fingerprint density at radius 2 is 1.96 bits per heavy atom. The summed E-state index contributed by atoms with van der Waals surface area (Å²) in [6.07, 6.45) is 0.370. The molecule has 0 amide bonds. The fraction of sp³-hybridized carbons (Fsp3) is 0.875. The molecule has 0 aromatic heterocycles. The Hall–Kier alpha value is -0.600. The van der Waals surface area contributed by atoms with Crippen molar-refractivity contribution in [2.24, 2.45) is 23.2 Å². The molecule has 24 heavy (non-hydrogen) atoms. The topological polar surface area (TPSA) is 86.7 Å². The minimum Gasteiger partial charge on any atom is -0.459 e. The van der Waals surface area contributed by atoms with Gasteiger partial charge < -0.3 is 4.74 Å². The Labute approximate surface area is 147 Å². The molecule has 136 valence electrons. The van der Waals surface area contributed by atoms with Gasteiger partial charge in [0.05, 0.1) is 11.0 Å². The molecule has 2 bridgehead atoms. The molecule has 1 saturated heterocycles. The number of hydrogen-bond acceptors (Lipinski definition) is 7. The van der Waals surface area contributed by atoms with Crippen molar-refractivity contribution in [1.29, 1.82) is 0 Å². The van der Waals surface area contributed by atoms with Crippen molar-refractivity contribution in [1.82, 2.24) is 0 Å². The summed E-state index contributed by atoms with van der Waals surface area (Å²) in [6, 6.07) is 0. The van der Waals surface area contributed by atoms with Crippen LogP contribution in [0.25, 0.3) is 0 Å². The van der Waals surface area contributed by atoms with Gasteiger partial charge in [-0.3, -0.25) is 13.8 Å². The lowest BCUT2D eigenvalue weighted by Crippen LogP contribution is -2.41. The second-order valence-corrected chi connectivity index (χ2v) is 10.4. The van der Waals surface area contributed by atoms with Crippen LogP contribution in [0.5, 0.6) is 0 Å². The highest BCUT2D eigenvalue weighted by atomic mass is 32.2. The number of thioether (sulfide) groups is 1. The highest BCUT2D eigenvalue weighted by Gasteiger charge is 2.68. The average Bonchev–Trinajstić information content (AvgIpc) is 3.07. The summed E-state index contributed by atoms with van der Waals surface area (Å²) in [7, 11) is -3.55. The van der Waals surface area contributed by atoms with Gasteiger partial charge in [-0.05, 0) is 18.8 Å². The van der Waals surface area contributed by atoms with Crippen LogP contribution in [0, 0.1) is 23.2 Å². The predicted molar refractivity (Wildman–Crippen MR) is 89.8 cm³/mol. The first-order valence-electron chi connectivity index (χ1n) is 8.37. The molecule has 8 heteroatoms. The van der Waals surface area contributed by atoms with Gasteiger partial charge in [-0.15, -0.1) is 0 Å². The van der Waals surface area contributed by atoms with Crippen molar-refractivity contribution in [2.75, 3.05) is 5.75 Å². The summed E-state index contributed by atoms with van der Waals surface area (Å²) >= 11 is 0.967. The van der Waals surface area contributed by atoms with E-state index in [1.807, 2.05) is 27.7 Å². The highest BCUT2D eigenvalue weighted by molar-refractivity contribution is 8.14. The maximum absolute atomic E-state index is 12.1. The number of rotatable bonds is 5. The zero-order chi connectivity index (χ0) is 17.9. The van der Waals surface area contributed by atoms with Gasteiger partial charge in [-0.2, -0.15) is 8.42 Å². The summed E-state index contributed by atoms with van der Waals surface area (Å²) < 4.78 is 34.9. The quantitative estimate of drug-likeness (QED) is 0.535. The minimum atomic E-state index is -3.55. The molecule has 0 radical (unpaired) electrons. The summed E-state index contributed by atoms with van der Waals surface area (Å²) in [5.74, 6) is -0.632. The summed E-state index contributed by atoms with van der Waals surface area (Å²) in [5, 5.41) is -0.494. The van der Waals surface area contributed by atoms with Crippen LogP contribution in [0.1, 0.15) is 40.5 Å². The Morgan fingerprint density at radius 3 is 2.58 bits per heavy atom. The second kappa shape index (κ2) is 5.99. The SMILES string of the molecule is CCC(C)(C)C(=O)SCC(=O)OC1C2CC3C1OS(=O)(=O)C3C2C. The van der Waals surface area contributed by atoms with Crippen LogP contribution in [0.4, 0.5) is 0 Å². The van der Waals surface area contributed by atoms with Crippen molar-refractivity contribution >= 4 is 33.0 Å². The fourth-order valence-corrected chi connectivity index (χ4v) is 7.13. The van der Waals surface area contributed by atoms with Crippen molar-refractivity contribution in [3.05, 3.63) is 0 Å². The van der Waals surface area contributed by atoms with Crippen molar-refractivity contribution in [3.8, 4) is 0 Å². The first-order valence-corrected chi connectivity index (χ1v) is 10.8. The van der Waals surface area contributed by atoms with Crippen LogP contribution in [0.2, 0.25) is 0 Å². The lowest BCUT2D eigenvalue weighted by atomic mass is 9.86. The Balaban J connectivity index is 1.60. The molecule has 0 aromatic carbocycles. The number of ether oxygens (including phenoxy) is 1. The summed E-state index contributed by atoms with van der Waals surface area (Å²) in [4.78, 5) is 24.2. The Kier molecular flexibility index (Phi) is 4.54. The summed E-state index contributed by atoms with van der Waals surface area (Å²) in [5.41, 5.74) is -0.470. The molecule has 0 N–H and O–H groups in total. The maximum atomic E-state index is 12.1. The highest BCUT2D eigenvalue weighted by Crippen LogP contribution is 2.58. The van der Waals surface area contributed by atoms with Crippen molar-refractivity contribution in [2.45, 2.75) is 58.0 Å². The van der Waals surface area contributed by atoms with E-state index < -0.39 is 39.0 Å². The Morgan fingerprint density at radius 1 is 1.29 bits per heavy atom. The van der Waals surface area contributed by atoms with Gasteiger partial charge in [0.2, 0.25) is 0 Å². The van der Waals surface area contributed by atoms with Gasteiger partial charge in [0, 0.05) is 17.3 Å². The lowest BCUT2D eigenvalue weighted by Gasteiger charge is -2.29. The van der Waals surface area contributed by atoms with E-state index in [0.29, 0.717) is 6.42 Å². The zero-order valence-electron chi connectivity index (χ0n) is 14.4. The predicted octanol–water partition coefficient (Wildman–Crippen LogP) is 1.98. The van der Waals surface area contributed by atoms with E-state index in [2.05, 4.69) is 0 Å². The van der Waals surface area contributed by atoms with E-state index in [4.69, 9.17) is 8.92 Å². The third-order valence-electron chi connectivity index (χ3n) is 5.93. The molecule has 1 aliphatic heterocycles. The van der Waals surface area contributed by atoms with Gasteiger partial charge in [-0.25, -0.2) is 0 Å². The van der Waals surface area contributed by atoms with Crippen LogP contribution >= 0.6 is 11.8 Å². The van der Waals surface area contributed by atoms with E-state index in [-0.39, 0.29) is 28.6 Å². The summed E-state index contributed by atoms with van der Waals surface area (Å²) in [6.45, 7) is 7.52. The normalized spacial score (nSPS) is 39.2. The smallest absolute Gasteiger partial charge is 0.316 e. The molecular weight excluding hydrogens is 352 g/mol. The van der Waals surface area contributed by atoms with Gasteiger partial charge >= 0.3 is 5.97 Å². The van der Waals surface area contributed by atoms with Crippen LogP contribution in [0.3, 0.4) is 0 Å². The largest absolute Gasteiger partial charge is 0.459 e. The average molecular weight is 376 g/mol. The van der Waals surface area contributed by atoms with E-state index >= 15 is 0 Å². The first-order chi connectivity index (χ1) is 11.1. The molecule has 3 aliphatic rings. The Bertz CT molecular complexity index is 655. The van der Waals surface area contributed by atoms with E-state index in [9.17, 15) is 18.0 Å². The third kappa shape index (κ3) is 2.80. The molecule has 6 nitrogen and oxygen atoms in total. The van der Waals surface area contributed by atoms with E-state index in [1.165, 1.54) is 0 Å². The van der Waals surface area contributed by atoms with Gasteiger partial charge in [0.1, 0.15) is 12.2 Å². The number of fused-ring (bicyclic) bond motifs is 1. The molecule has 0 aromatic rings. The minimum absolute atomic E-state index is 0.0269. The van der Waals surface area contributed by atoms with Crippen molar-refractivity contribution < 1.29 is 26.9 Å². The molecule has 2 saturated carbocycles. The monoisotopic (exact) mass is 376 g/mol. The number of esters is 1. The van der Waals surface area contributed by atoms with Crippen LogP contribution in [-0.2, 0) is 28.6 Å². The van der Waals surface area contributed by atoms with Crippen LogP contribution in [-0.4, -0.2) is 42.7 Å². The number of carbonyl (C=O) groups is 2. The van der Waals surface area contributed by atoms with E-state index in [0.717, 1.165) is 18.2 Å². The van der Waals surface area contributed by atoms with Gasteiger partial charge in [0.15, 0.2) is 5.12 Å². The molecule has 3 fully saturated rings. The van der Waals surface area contributed by atoms with Gasteiger partial charge in [0.25, 0.3) is 10.1 Å². The molecule has 2 aliphatic carbocycles. The van der Waals surface area contributed by atoms with Crippen LogP contribution < -0.4 is 0 Å². The van der Waals surface area contributed by atoms with Gasteiger partial charge in [-0.1, -0.05) is 39.5 Å². The second-order valence-electron chi connectivity index (χ2n) is 7.71. The fourth-order valence-electron chi connectivity index (χ4n) is 4.16. The zero-order valence-corrected chi connectivity index (χ0v) is 16.0. The lowest BCUT2D eigenvalue weighted by molar-refractivity contribution is -0.153. The molecule has 1 heterocycles. The van der Waals surface area contributed by atoms with Crippen molar-refractivity contribution in [3.63, 3.8) is 0 Å². The molecule has 0 spiro atoms. The number of carbonyl (C=O) groups excluding carboxylic acids is 2. The molecular formula is C16H24O6S2. The third-order valence-corrected chi connectivity index (χ3v) is 9.06. The van der Waals surface area contributed by atoms with Crippen LogP contribution in [0.15, 0.2) is 0 Å². The van der Waals surface area contributed by atoms with E-state index in [1.54, 1.807) is 0 Å². The maximum Gasteiger partial charge on any atom is 0.316 e. The first kappa shape index (κ1) is 18.2. The molecule has 3 rings (SSSR count).